The Labute approximate surface area is 161 Å². The van der Waals surface area contributed by atoms with Crippen LogP contribution in [0.15, 0.2) is 41.3 Å². The van der Waals surface area contributed by atoms with E-state index in [1.807, 2.05) is 0 Å². The van der Waals surface area contributed by atoms with Gasteiger partial charge in [0.15, 0.2) is 17.7 Å². The van der Waals surface area contributed by atoms with Gasteiger partial charge in [-0.3, -0.25) is 14.5 Å². The number of nitrogens with zero attached hydrogens (tertiary/aromatic N) is 2. The molecule has 1 atom stereocenters. The van der Waals surface area contributed by atoms with Crippen LogP contribution in [0.4, 0.5) is 17.3 Å². The summed E-state index contributed by atoms with van der Waals surface area (Å²) in [6.45, 7) is 1.49. The van der Waals surface area contributed by atoms with Gasteiger partial charge in [0.25, 0.3) is 5.91 Å². The summed E-state index contributed by atoms with van der Waals surface area (Å²) in [5.74, 6) is -0.161. The second-order valence-electron chi connectivity index (χ2n) is 6.11. The van der Waals surface area contributed by atoms with Gasteiger partial charge in [0.05, 0.1) is 4.90 Å². The molecule has 0 radical (unpaired) electrons. The van der Waals surface area contributed by atoms with Crippen molar-refractivity contribution in [2.24, 2.45) is 5.14 Å². The normalized spacial score (nSPS) is 16.3. The number of nitrogens with two attached hydrogens (primary N) is 2. The van der Waals surface area contributed by atoms with E-state index < -0.39 is 27.9 Å². The van der Waals surface area contributed by atoms with Crippen molar-refractivity contribution in [3.63, 3.8) is 0 Å². The van der Waals surface area contributed by atoms with Gasteiger partial charge in [-0.15, -0.1) is 0 Å². The number of nitrogen functional groups attached to an aromatic ring is 1. The van der Waals surface area contributed by atoms with E-state index >= 15 is 0 Å². The summed E-state index contributed by atoms with van der Waals surface area (Å²) < 4.78 is 28.2. The standard InChI is InChI=1S/C17H19N5O5S/c1-2-12-17(24)22(16-13(27-12)7-8-14(18)21-16)9-15(23)20-10-3-5-11(6-4-10)28(19,25)26/h3-8,12H,2,9H2,1H3,(H2,18,21)(H,20,23)(H2,19,25,26). The van der Waals surface area contributed by atoms with Crippen molar-refractivity contribution in [2.45, 2.75) is 24.3 Å². The number of aromatic nitrogens is 1. The largest absolute Gasteiger partial charge is 0.477 e. The average Bonchev–Trinajstić information content (AvgIpc) is 2.63. The first-order valence-electron chi connectivity index (χ1n) is 8.36. The van der Waals surface area contributed by atoms with Crippen LogP contribution in [0, 0.1) is 0 Å². The zero-order valence-electron chi connectivity index (χ0n) is 15.0. The third kappa shape index (κ3) is 4.05. The number of rotatable bonds is 5. The van der Waals surface area contributed by atoms with Crippen LogP contribution in [0.25, 0.3) is 0 Å². The lowest BCUT2D eigenvalue weighted by Gasteiger charge is -2.32. The summed E-state index contributed by atoms with van der Waals surface area (Å²) in [5.41, 5.74) is 6.05. The summed E-state index contributed by atoms with van der Waals surface area (Å²) in [6.07, 6.45) is -0.296. The lowest BCUT2D eigenvalue weighted by molar-refractivity contribution is -0.128. The van der Waals surface area contributed by atoms with Crippen LogP contribution in [0.2, 0.25) is 0 Å². The molecule has 0 aliphatic carbocycles. The first-order valence-corrected chi connectivity index (χ1v) is 9.91. The van der Waals surface area contributed by atoms with Crippen molar-refractivity contribution in [2.75, 3.05) is 22.5 Å². The van der Waals surface area contributed by atoms with Crippen molar-refractivity contribution in [3.05, 3.63) is 36.4 Å². The molecule has 0 fully saturated rings. The average molecular weight is 405 g/mol. The Balaban J connectivity index is 1.79. The van der Waals surface area contributed by atoms with Gasteiger partial charge < -0.3 is 15.8 Å². The number of pyridine rings is 1. The Morgan fingerprint density at radius 1 is 1.25 bits per heavy atom. The van der Waals surface area contributed by atoms with Crippen LogP contribution in [-0.4, -0.2) is 37.9 Å². The molecule has 148 valence electrons. The second-order valence-corrected chi connectivity index (χ2v) is 7.68. The maximum atomic E-state index is 12.6. The van der Waals surface area contributed by atoms with Crippen LogP contribution in [0.1, 0.15) is 13.3 Å². The zero-order chi connectivity index (χ0) is 20.5. The van der Waals surface area contributed by atoms with E-state index in [1.165, 1.54) is 29.2 Å². The Hall–Kier alpha value is -3.18. The van der Waals surface area contributed by atoms with Crippen LogP contribution in [0.3, 0.4) is 0 Å². The van der Waals surface area contributed by atoms with Crippen molar-refractivity contribution >= 4 is 39.2 Å². The number of amides is 2. The smallest absolute Gasteiger partial charge is 0.269 e. The molecule has 0 bridgehead atoms. The molecule has 2 heterocycles. The molecule has 1 aliphatic rings. The lowest BCUT2D eigenvalue weighted by Crippen LogP contribution is -2.49. The van der Waals surface area contributed by atoms with Gasteiger partial charge in [-0.25, -0.2) is 18.5 Å². The molecule has 0 spiro atoms. The van der Waals surface area contributed by atoms with Crippen LogP contribution < -0.4 is 25.8 Å². The van der Waals surface area contributed by atoms with Crippen molar-refractivity contribution < 1.29 is 22.7 Å². The number of hydrogen-bond acceptors (Lipinski definition) is 7. The van der Waals surface area contributed by atoms with Gasteiger partial charge in [-0.2, -0.15) is 0 Å². The van der Waals surface area contributed by atoms with E-state index in [1.54, 1.807) is 19.1 Å². The summed E-state index contributed by atoms with van der Waals surface area (Å²) in [4.78, 5) is 30.3. The monoisotopic (exact) mass is 405 g/mol. The quantitative estimate of drug-likeness (QED) is 0.651. The molecule has 10 nitrogen and oxygen atoms in total. The minimum atomic E-state index is -3.82. The number of nitrogens with one attached hydrogen (secondary N) is 1. The van der Waals surface area contributed by atoms with Gasteiger partial charge in [0.2, 0.25) is 15.9 Å². The summed E-state index contributed by atoms with van der Waals surface area (Å²) in [7, 11) is -3.82. The van der Waals surface area contributed by atoms with E-state index in [0.717, 1.165) is 0 Å². The Morgan fingerprint density at radius 2 is 1.93 bits per heavy atom. The zero-order valence-corrected chi connectivity index (χ0v) is 15.8. The molecule has 11 heteroatoms. The fourth-order valence-corrected chi connectivity index (χ4v) is 3.22. The number of fused-ring (bicyclic) bond motifs is 1. The van der Waals surface area contributed by atoms with Gasteiger partial charge in [-0.1, -0.05) is 6.92 Å². The van der Waals surface area contributed by atoms with Crippen LogP contribution in [-0.2, 0) is 19.6 Å². The molecule has 1 aromatic carbocycles. The van der Waals surface area contributed by atoms with Gasteiger partial charge in [0, 0.05) is 5.69 Å². The third-order valence-corrected chi connectivity index (χ3v) is 5.00. The molecule has 3 rings (SSSR count). The number of ether oxygens (including phenoxy) is 1. The topological polar surface area (TPSA) is 158 Å². The van der Waals surface area contributed by atoms with E-state index in [2.05, 4.69) is 10.3 Å². The number of carbonyl (C=O) groups is 2. The first-order chi connectivity index (χ1) is 13.2. The van der Waals surface area contributed by atoms with E-state index in [4.69, 9.17) is 15.6 Å². The highest BCUT2D eigenvalue weighted by Crippen LogP contribution is 2.33. The fraction of sp³-hybridized carbons (Fsp3) is 0.235. The lowest BCUT2D eigenvalue weighted by atomic mass is 10.2. The summed E-state index contributed by atoms with van der Waals surface area (Å²) in [5, 5.41) is 7.64. The molecule has 1 aromatic heterocycles. The molecule has 0 saturated carbocycles. The minimum absolute atomic E-state index is 0.0757. The number of primary sulfonamides is 1. The van der Waals surface area contributed by atoms with Crippen molar-refractivity contribution in [1.29, 1.82) is 0 Å². The number of anilines is 3. The van der Waals surface area contributed by atoms with Gasteiger partial charge in [-0.05, 0) is 42.8 Å². The molecular weight excluding hydrogens is 386 g/mol. The predicted octanol–water partition coefficient (Wildman–Crippen LogP) is 0.454. The number of sulfonamides is 1. The van der Waals surface area contributed by atoms with Gasteiger partial charge >= 0.3 is 0 Å². The molecule has 2 aromatic rings. The number of benzene rings is 1. The predicted molar refractivity (Wildman–Crippen MR) is 102 cm³/mol. The molecule has 1 unspecified atom stereocenters. The molecule has 1 aliphatic heterocycles. The maximum absolute atomic E-state index is 12.6. The summed E-state index contributed by atoms with van der Waals surface area (Å²) >= 11 is 0. The Morgan fingerprint density at radius 3 is 2.54 bits per heavy atom. The van der Waals surface area contributed by atoms with E-state index in [0.29, 0.717) is 17.9 Å². The molecule has 0 saturated heterocycles. The molecular formula is C17H19N5O5S. The Kier molecular flexibility index (Phi) is 5.21. The second kappa shape index (κ2) is 7.44. The number of hydrogen-bond donors (Lipinski definition) is 3. The molecule has 28 heavy (non-hydrogen) atoms. The minimum Gasteiger partial charge on any atom is -0.477 e. The highest BCUT2D eigenvalue weighted by Gasteiger charge is 2.35. The SMILES string of the molecule is CCC1Oc2ccc(N)nc2N(CC(=O)Nc2ccc(S(N)(=O)=O)cc2)C1=O. The van der Waals surface area contributed by atoms with E-state index in [9.17, 15) is 18.0 Å². The van der Waals surface area contributed by atoms with Crippen molar-refractivity contribution in [1.82, 2.24) is 4.98 Å². The Bertz CT molecular complexity index is 1020. The number of carbonyl (C=O) groups excluding carboxylic acids is 2. The fourth-order valence-electron chi connectivity index (χ4n) is 2.70. The molecule has 2 amide bonds. The van der Waals surface area contributed by atoms with Crippen LogP contribution >= 0.6 is 0 Å². The van der Waals surface area contributed by atoms with Crippen LogP contribution in [0.5, 0.6) is 5.75 Å². The van der Waals surface area contributed by atoms with Gasteiger partial charge in [0.1, 0.15) is 12.4 Å². The first kappa shape index (κ1) is 19.6. The van der Waals surface area contributed by atoms with Crippen molar-refractivity contribution in [3.8, 4) is 5.75 Å². The maximum Gasteiger partial charge on any atom is 0.269 e. The highest BCUT2D eigenvalue weighted by atomic mass is 32.2. The van der Waals surface area contributed by atoms with E-state index in [-0.39, 0.29) is 23.1 Å². The summed E-state index contributed by atoms with van der Waals surface area (Å²) in [6, 6.07) is 8.50. The third-order valence-electron chi connectivity index (χ3n) is 4.07. The highest BCUT2D eigenvalue weighted by molar-refractivity contribution is 7.89. The molecule has 5 N–H and O–H groups in total.